The smallest absolute Gasteiger partial charge is 0.242 e. The molecular formula is C12H10ClN7S. The Kier molecular flexibility index (Phi) is 4.00. The van der Waals surface area contributed by atoms with Gasteiger partial charge in [-0.2, -0.15) is 15.0 Å². The number of hydrazine groups is 1. The van der Waals surface area contributed by atoms with E-state index in [1.807, 2.05) is 24.3 Å². The number of aromatic nitrogens is 5. The first-order chi connectivity index (χ1) is 10.2. The number of halogens is 1. The Hall–Kier alpha value is -2.16. The van der Waals surface area contributed by atoms with Gasteiger partial charge in [0.1, 0.15) is 6.33 Å². The fourth-order valence-corrected chi connectivity index (χ4v) is 2.43. The molecule has 0 unspecified atom stereocenters. The molecule has 0 aliphatic rings. The third-order valence-electron chi connectivity index (χ3n) is 2.49. The van der Waals surface area contributed by atoms with E-state index in [9.17, 15) is 0 Å². The standard InChI is InChI=1S/C12H10ClN7S/c13-8-1-3-9(4-2-8)21-12-17-10(19-14)16-11(18-12)20-6-5-15-7-20/h1-7H,14H2,(H,16,17,18,19). The summed E-state index contributed by atoms with van der Waals surface area (Å²) in [6.45, 7) is 0. The van der Waals surface area contributed by atoms with E-state index in [0.29, 0.717) is 16.1 Å². The number of hydrogen-bond acceptors (Lipinski definition) is 7. The quantitative estimate of drug-likeness (QED) is 0.562. The van der Waals surface area contributed by atoms with Crippen molar-refractivity contribution in [1.82, 2.24) is 24.5 Å². The van der Waals surface area contributed by atoms with Crippen LogP contribution in [0.1, 0.15) is 0 Å². The summed E-state index contributed by atoms with van der Waals surface area (Å²) < 4.78 is 1.68. The van der Waals surface area contributed by atoms with E-state index in [0.717, 1.165) is 4.90 Å². The first-order valence-electron chi connectivity index (χ1n) is 5.89. The van der Waals surface area contributed by atoms with Crippen LogP contribution in [0.25, 0.3) is 5.95 Å². The van der Waals surface area contributed by atoms with Gasteiger partial charge in [0.25, 0.3) is 0 Å². The fourth-order valence-electron chi connectivity index (χ4n) is 1.56. The van der Waals surface area contributed by atoms with Crippen LogP contribution in [0, 0.1) is 0 Å². The van der Waals surface area contributed by atoms with E-state index in [1.165, 1.54) is 11.8 Å². The second kappa shape index (κ2) is 6.08. The summed E-state index contributed by atoms with van der Waals surface area (Å²) in [5.41, 5.74) is 2.43. The molecule has 2 aromatic heterocycles. The molecular weight excluding hydrogens is 310 g/mol. The minimum absolute atomic E-state index is 0.283. The van der Waals surface area contributed by atoms with Crippen molar-refractivity contribution in [2.24, 2.45) is 5.84 Å². The number of nitrogens with two attached hydrogens (primary N) is 1. The van der Waals surface area contributed by atoms with Crippen LogP contribution < -0.4 is 11.3 Å². The molecule has 0 fully saturated rings. The summed E-state index contributed by atoms with van der Waals surface area (Å²) in [5, 5.41) is 1.20. The Morgan fingerprint density at radius 1 is 1.14 bits per heavy atom. The van der Waals surface area contributed by atoms with Crippen LogP contribution in [-0.2, 0) is 0 Å². The van der Waals surface area contributed by atoms with Crippen molar-refractivity contribution in [2.75, 3.05) is 5.43 Å². The Balaban J connectivity index is 1.94. The van der Waals surface area contributed by atoms with E-state index in [1.54, 1.807) is 23.3 Å². The maximum Gasteiger partial charge on any atom is 0.242 e. The van der Waals surface area contributed by atoms with E-state index in [4.69, 9.17) is 17.4 Å². The van der Waals surface area contributed by atoms with Gasteiger partial charge in [-0.25, -0.2) is 10.8 Å². The largest absolute Gasteiger partial charge is 0.292 e. The third-order valence-corrected chi connectivity index (χ3v) is 3.62. The van der Waals surface area contributed by atoms with Crippen molar-refractivity contribution in [1.29, 1.82) is 0 Å². The molecule has 0 atom stereocenters. The highest BCUT2D eigenvalue weighted by Crippen LogP contribution is 2.26. The summed E-state index contributed by atoms with van der Waals surface area (Å²) in [7, 11) is 0. The van der Waals surface area contributed by atoms with Gasteiger partial charge < -0.3 is 0 Å². The van der Waals surface area contributed by atoms with Gasteiger partial charge in [-0.3, -0.25) is 9.99 Å². The maximum atomic E-state index is 5.87. The molecule has 9 heteroatoms. The average molecular weight is 320 g/mol. The number of hydrogen-bond donors (Lipinski definition) is 2. The molecule has 2 heterocycles. The minimum atomic E-state index is 0.283. The first-order valence-corrected chi connectivity index (χ1v) is 7.08. The highest BCUT2D eigenvalue weighted by molar-refractivity contribution is 7.99. The van der Waals surface area contributed by atoms with Crippen LogP contribution in [0.3, 0.4) is 0 Å². The lowest BCUT2D eigenvalue weighted by Crippen LogP contribution is -2.13. The second-order valence-electron chi connectivity index (χ2n) is 3.91. The Morgan fingerprint density at radius 3 is 2.62 bits per heavy atom. The molecule has 1 aromatic carbocycles. The summed E-state index contributed by atoms with van der Waals surface area (Å²) in [6, 6.07) is 7.40. The molecule has 21 heavy (non-hydrogen) atoms. The fraction of sp³-hybridized carbons (Fsp3) is 0. The van der Waals surface area contributed by atoms with Crippen molar-refractivity contribution >= 4 is 29.3 Å². The number of anilines is 1. The maximum absolute atomic E-state index is 5.87. The number of nitrogen functional groups attached to an aromatic ring is 1. The van der Waals surface area contributed by atoms with E-state index in [-0.39, 0.29) is 5.95 Å². The van der Waals surface area contributed by atoms with Crippen molar-refractivity contribution in [3.8, 4) is 5.95 Å². The van der Waals surface area contributed by atoms with Gasteiger partial charge >= 0.3 is 0 Å². The summed E-state index contributed by atoms with van der Waals surface area (Å²) >= 11 is 7.25. The predicted molar refractivity (Wildman–Crippen MR) is 80.3 cm³/mol. The lowest BCUT2D eigenvalue weighted by atomic mass is 10.4. The highest BCUT2D eigenvalue weighted by atomic mass is 35.5. The second-order valence-corrected chi connectivity index (χ2v) is 5.39. The molecule has 0 amide bonds. The van der Waals surface area contributed by atoms with Gasteiger partial charge in [0.2, 0.25) is 11.9 Å². The molecule has 3 rings (SSSR count). The van der Waals surface area contributed by atoms with Crippen LogP contribution in [0.5, 0.6) is 0 Å². The molecule has 0 aliphatic carbocycles. The van der Waals surface area contributed by atoms with Gasteiger partial charge in [-0.1, -0.05) is 11.6 Å². The predicted octanol–water partition coefficient (Wildman–Crippen LogP) is 2.15. The molecule has 0 radical (unpaired) electrons. The molecule has 0 saturated heterocycles. The monoisotopic (exact) mass is 319 g/mol. The number of nitrogens with one attached hydrogen (secondary N) is 1. The van der Waals surface area contributed by atoms with Crippen LogP contribution in [-0.4, -0.2) is 24.5 Å². The van der Waals surface area contributed by atoms with Crippen molar-refractivity contribution < 1.29 is 0 Å². The highest BCUT2D eigenvalue weighted by Gasteiger charge is 2.09. The van der Waals surface area contributed by atoms with Crippen LogP contribution in [0.2, 0.25) is 5.02 Å². The normalized spacial score (nSPS) is 10.6. The lowest BCUT2D eigenvalue weighted by molar-refractivity contribution is 0.824. The molecule has 106 valence electrons. The Labute approximate surface area is 129 Å². The van der Waals surface area contributed by atoms with E-state index >= 15 is 0 Å². The number of nitrogens with zero attached hydrogens (tertiary/aromatic N) is 5. The van der Waals surface area contributed by atoms with Gasteiger partial charge in [-0.15, -0.1) is 0 Å². The average Bonchev–Trinajstić information content (AvgIpc) is 3.04. The summed E-state index contributed by atoms with van der Waals surface area (Å²) in [5.74, 6) is 6.12. The van der Waals surface area contributed by atoms with Crippen LogP contribution >= 0.6 is 23.4 Å². The molecule has 3 aromatic rings. The minimum Gasteiger partial charge on any atom is -0.292 e. The van der Waals surface area contributed by atoms with Gasteiger partial charge in [0.05, 0.1) is 0 Å². The zero-order valence-electron chi connectivity index (χ0n) is 10.6. The summed E-state index contributed by atoms with van der Waals surface area (Å²) in [6.07, 6.45) is 4.99. The zero-order chi connectivity index (χ0) is 14.7. The first kappa shape index (κ1) is 13.8. The Bertz CT molecular complexity index is 730. The molecule has 0 spiro atoms. The zero-order valence-corrected chi connectivity index (χ0v) is 12.2. The molecule has 0 saturated carbocycles. The number of imidazole rings is 1. The van der Waals surface area contributed by atoms with E-state index < -0.39 is 0 Å². The molecule has 0 bridgehead atoms. The molecule has 3 N–H and O–H groups in total. The Morgan fingerprint density at radius 2 is 1.95 bits per heavy atom. The van der Waals surface area contributed by atoms with E-state index in [2.05, 4.69) is 25.4 Å². The van der Waals surface area contributed by atoms with Crippen molar-refractivity contribution in [2.45, 2.75) is 10.1 Å². The number of benzene rings is 1. The molecule has 0 aliphatic heterocycles. The third kappa shape index (κ3) is 3.30. The SMILES string of the molecule is NNc1nc(Sc2ccc(Cl)cc2)nc(-n2ccnc2)n1. The van der Waals surface area contributed by atoms with Crippen molar-refractivity contribution in [3.63, 3.8) is 0 Å². The van der Waals surface area contributed by atoms with Crippen molar-refractivity contribution in [3.05, 3.63) is 48.0 Å². The summed E-state index contributed by atoms with van der Waals surface area (Å²) in [4.78, 5) is 17.7. The van der Waals surface area contributed by atoms with Crippen LogP contribution in [0.15, 0.2) is 53.0 Å². The molecule has 7 nitrogen and oxygen atoms in total. The number of rotatable bonds is 4. The van der Waals surface area contributed by atoms with Gasteiger partial charge in [0, 0.05) is 22.3 Å². The van der Waals surface area contributed by atoms with Gasteiger partial charge in [0.15, 0.2) is 5.16 Å². The lowest BCUT2D eigenvalue weighted by Gasteiger charge is -2.06. The topological polar surface area (TPSA) is 94.5 Å². The van der Waals surface area contributed by atoms with Crippen LogP contribution in [0.4, 0.5) is 5.95 Å². The van der Waals surface area contributed by atoms with Gasteiger partial charge in [-0.05, 0) is 36.0 Å².